The van der Waals surface area contributed by atoms with E-state index in [1.165, 1.54) is 0 Å². The summed E-state index contributed by atoms with van der Waals surface area (Å²) < 4.78 is 17.2. The smallest absolute Gasteiger partial charge is 0.244 e. The van der Waals surface area contributed by atoms with Crippen LogP contribution in [0.3, 0.4) is 0 Å². The van der Waals surface area contributed by atoms with Crippen molar-refractivity contribution < 1.29 is 18.7 Å². The molecular weight excluding hydrogens is 392 g/mol. The van der Waals surface area contributed by atoms with Crippen LogP contribution in [0.15, 0.2) is 47.1 Å². The standard InChI is InChI=1S/C25H30N2O4/c1-16(13-23(28)26-11-12-27(3)4)19-14-20-21(18-9-7-8-10-22(18)29-5)15-31-25(20)17(2)24(19)30-6/h7-10,13-15H,11-12H2,1-6H3,(H,26,28)/b16-13+. The molecular formula is C25H30N2O4. The number of rotatable bonds is 8. The number of para-hydroxylation sites is 1. The van der Waals surface area contributed by atoms with Crippen LogP contribution >= 0.6 is 0 Å². The largest absolute Gasteiger partial charge is 0.496 e. The van der Waals surface area contributed by atoms with Gasteiger partial charge in [0.05, 0.1) is 20.5 Å². The highest BCUT2D eigenvalue weighted by atomic mass is 16.5. The summed E-state index contributed by atoms with van der Waals surface area (Å²) in [7, 11) is 7.23. The van der Waals surface area contributed by atoms with Gasteiger partial charge < -0.3 is 24.1 Å². The van der Waals surface area contributed by atoms with Crippen LogP contribution < -0.4 is 14.8 Å². The monoisotopic (exact) mass is 422 g/mol. The van der Waals surface area contributed by atoms with Gasteiger partial charge in [0.1, 0.15) is 17.1 Å². The number of fused-ring (bicyclic) bond motifs is 1. The normalized spacial score (nSPS) is 11.8. The van der Waals surface area contributed by atoms with Gasteiger partial charge in [-0.15, -0.1) is 0 Å². The molecule has 0 fully saturated rings. The summed E-state index contributed by atoms with van der Waals surface area (Å²) in [6, 6.07) is 9.85. The maximum atomic E-state index is 12.4. The van der Waals surface area contributed by atoms with E-state index in [2.05, 4.69) is 5.32 Å². The van der Waals surface area contributed by atoms with Crippen molar-refractivity contribution in [3.8, 4) is 22.6 Å². The Hall–Kier alpha value is -3.25. The lowest BCUT2D eigenvalue weighted by molar-refractivity contribution is -0.116. The summed E-state index contributed by atoms with van der Waals surface area (Å²) in [6.45, 7) is 5.25. The fraction of sp³-hybridized carbons (Fsp3) is 0.320. The van der Waals surface area contributed by atoms with Gasteiger partial charge in [-0.1, -0.05) is 18.2 Å². The van der Waals surface area contributed by atoms with Crippen LogP contribution in [0.1, 0.15) is 18.1 Å². The molecule has 0 aliphatic carbocycles. The minimum Gasteiger partial charge on any atom is -0.496 e. The van der Waals surface area contributed by atoms with Crippen LogP contribution in [-0.2, 0) is 4.79 Å². The predicted molar refractivity (Wildman–Crippen MR) is 125 cm³/mol. The van der Waals surface area contributed by atoms with Crippen LogP contribution in [0, 0.1) is 6.92 Å². The molecule has 6 nitrogen and oxygen atoms in total. The summed E-state index contributed by atoms with van der Waals surface area (Å²) in [5, 5.41) is 3.86. The van der Waals surface area contributed by atoms with E-state index in [1.807, 2.05) is 63.2 Å². The quantitative estimate of drug-likeness (QED) is 0.541. The number of benzene rings is 2. The van der Waals surface area contributed by atoms with E-state index in [-0.39, 0.29) is 5.91 Å². The number of aryl methyl sites for hydroxylation is 1. The number of methoxy groups -OCH3 is 2. The summed E-state index contributed by atoms with van der Waals surface area (Å²) in [6.07, 6.45) is 3.35. The number of carbonyl (C=O) groups excluding carboxylic acids is 1. The molecule has 3 aromatic rings. The van der Waals surface area contributed by atoms with E-state index in [9.17, 15) is 4.79 Å². The molecule has 3 rings (SSSR count). The molecule has 0 atom stereocenters. The first-order valence-corrected chi connectivity index (χ1v) is 10.2. The zero-order chi connectivity index (χ0) is 22.5. The second-order valence-electron chi connectivity index (χ2n) is 7.73. The van der Waals surface area contributed by atoms with E-state index in [0.29, 0.717) is 12.3 Å². The van der Waals surface area contributed by atoms with Gasteiger partial charge in [-0.2, -0.15) is 0 Å². The van der Waals surface area contributed by atoms with Crippen LogP contribution in [0.2, 0.25) is 0 Å². The van der Waals surface area contributed by atoms with Crippen molar-refractivity contribution in [2.75, 3.05) is 41.4 Å². The molecule has 0 aliphatic heterocycles. The molecule has 31 heavy (non-hydrogen) atoms. The number of furan rings is 1. The molecule has 0 bridgehead atoms. The van der Waals surface area contributed by atoms with E-state index in [1.54, 1.807) is 26.6 Å². The van der Waals surface area contributed by atoms with Crippen molar-refractivity contribution in [3.63, 3.8) is 0 Å². The van der Waals surface area contributed by atoms with Crippen molar-refractivity contribution >= 4 is 22.4 Å². The maximum Gasteiger partial charge on any atom is 0.244 e. The van der Waals surface area contributed by atoms with E-state index in [4.69, 9.17) is 13.9 Å². The molecule has 0 radical (unpaired) electrons. The molecule has 0 saturated heterocycles. The maximum absolute atomic E-state index is 12.4. The second-order valence-corrected chi connectivity index (χ2v) is 7.73. The number of carbonyl (C=O) groups is 1. The average Bonchev–Trinajstić information content (AvgIpc) is 3.17. The molecule has 1 amide bonds. The van der Waals surface area contributed by atoms with Crippen molar-refractivity contribution in [2.24, 2.45) is 0 Å². The Morgan fingerprint density at radius 2 is 1.90 bits per heavy atom. The Kier molecular flexibility index (Phi) is 7.02. The molecule has 1 N–H and O–H groups in total. The van der Waals surface area contributed by atoms with Crippen molar-refractivity contribution in [1.29, 1.82) is 0 Å². The van der Waals surface area contributed by atoms with Gasteiger partial charge >= 0.3 is 0 Å². The lowest BCUT2D eigenvalue weighted by atomic mass is 9.96. The minimum absolute atomic E-state index is 0.128. The van der Waals surface area contributed by atoms with Gasteiger partial charge in [0.25, 0.3) is 0 Å². The van der Waals surface area contributed by atoms with E-state index >= 15 is 0 Å². The highest BCUT2D eigenvalue weighted by Gasteiger charge is 2.20. The molecule has 0 spiro atoms. The predicted octanol–water partition coefficient (Wildman–Crippen LogP) is 4.51. The van der Waals surface area contributed by atoms with Crippen molar-refractivity contribution in [2.45, 2.75) is 13.8 Å². The van der Waals surface area contributed by atoms with Crippen LogP contribution in [0.5, 0.6) is 11.5 Å². The fourth-order valence-electron chi connectivity index (χ4n) is 3.68. The molecule has 1 aromatic heterocycles. The van der Waals surface area contributed by atoms with Gasteiger partial charge in [0, 0.05) is 46.8 Å². The molecule has 0 unspecified atom stereocenters. The molecule has 2 aromatic carbocycles. The Balaban J connectivity index is 2.07. The Bertz CT molecular complexity index is 1110. The average molecular weight is 423 g/mol. The highest BCUT2D eigenvalue weighted by Crippen LogP contribution is 2.42. The van der Waals surface area contributed by atoms with Gasteiger partial charge in [0.15, 0.2) is 0 Å². The third-order valence-electron chi connectivity index (χ3n) is 5.28. The first-order valence-electron chi connectivity index (χ1n) is 10.2. The summed E-state index contributed by atoms with van der Waals surface area (Å²) in [5.41, 5.74) is 5.19. The van der Waals surface area contributed by atoms with Gasteiger partial charge in [0.2, 0.25) is 5.91 Å². The SMILES string of the molecule is COc1ccccc1-c1coc2c(C)c(OC)c(/C(C)=C/C(=O)NCCN(C)C)cc12. The van der Waals surface area contributed by atoms with Crippen LogP contribution in [-0.4, -0.2) is 52.2 Å². The number of hydrogen-bond donors (Lipinski definition) is 1. The van der Waals surface area contributed by atoms with Crippen molar-refractivity contribution in [3.05, 3.63) is 53.8 Å². The lowest BCUT2D eigenvalue weighted by Gasteiger charge is -2.14. The van der Waals surface area contributed by atoms with Crippen molar-refractivity contribution in [1.82, 2.24) is 10.2 Å². The number of likely N-dealkylation sites (N-methyl/N-ethyl adjacent to an activating group) is 1. The molecule has 1 heterocycles. The lowest BCUT2D eigenvalue weighted by Crippen LogP contribution is -2.30. The molecule has 6 heteroatoms. The summed E-state index contributed by atoms with van der Waals surface area (Å²) >= 11 is 0. The Labute approximate surface area is 183 Å². The van der Waals surface area contributed by atoms with Gasteiger partial charge in [-0.25, -0.2) is 0 Å². The number of ether oxygens (including phenoxy) is 2. The number of hydrogen-bond acceptors (Lipinski definition) is 5. The number of nitrogens with one attached hydrogen (secondary N) is 1. The van der Waals surface area contributed by atoms with E-state index < -0.39 is 0 Å². The summed E-state index contributed by atoms with van der Waals surface area (Å²) in [4.78, 5) is 14.4. The Morgan fingerprint density at radius 3 is 2.58 bits per heavy atom. The molecule has 0 aliphatic rings. The minimum atomic E-state index is -0.128. The first kappa shape index (κ1) is 22.4. The van der Waals surface area contributed by atoms with Gasteiger partial charge in [-0.3, -0.25) is 4.79 Å². The number of nitrogens with zero attached hydrogens (tertiary/aromatic N) is 1. The molecule has 164 valence electrons. The zero-order valence-electron chi connectivity index (χ0n) is 19.0. The number of allylic oxidation sites excluding steroid dienone is 1. The topological polar surface area (TPSA) is 63.9 Å². The summed E-state index contributed by atoms with van der Waals surface area (Å²) in [5.74, 6) is 1.34. The Morgan fingerprint density at radius 1 is 1.16 bits per heavy atom. The van der Waals surface area contributed by atoms with Gasteiger partial charge in [-0.05, 0) is 45.6 Å². The third-order valence-corrected chi connectivity index (χ3v) is 5.28. The van der Waals surface area contributed by atoms with E-state index in [0.717, 1.165) is 51.1 Å². The van der Waals surface area contributed by atoms with Crippen LogP contribution in [0.4, 0.5) is 0 Å². The van der Waals surface area contributed by atoms with Crippen LogP contribution in [0.25, 0.3) is 27.7 Å². The number of amides is 1. The first-order chi connectivity index (χ1) is 14.9. The fourth-order valence-corrected chi connectivity index (χ4v) is 3.68. The zero-order valence-corrected chi connectivity index (χ0v) is 19.0. The third kappa shape index (κ3) is 4.75. The molecule has 0 saturated carbocycles. The second kappa shape index (κ2) is 9.71. The highest BCUT2D eigenvalue weighted by molar-refractivity contribution is 6.02.